The molecule has 1 heterocycles. The van der Waals surface area contributed by atoms with Crippen molar-refractivity contribution in [3.8, 4) is 11.5 Å². The number of nitrogens with zero attached hydrogens (tertiary/aromatic N) is 4. The fraction of sp³-hybridized carbons (Fsp3) is 0.222. The smallest absolute Gasteiger partial charge is 0.269 e. The van der Waals surface area contributed by atoms with Crippen LogP contribution in [0.5, 0.6) is 0 Å². The van der Waals surface area contributed by atoms with Crippen LogP contribution in [0.15, 0.2) is 52.9 Å². The zero-order valence-electron chi connectivity index (χ0n) is 14.3. The van der Waals surface area contributed by atoms with Crippen LogP contribution in [0.3, 0.4) is 0 Å². The Morgan fingerprint density at radius 1 is 1.23 bits per heavy atom. The van der Waals surface area contributed by atoms with Crippen LogP contribution in [0, 0.1) is 10.1 Å². The second-order valence-electron chi connectivity index (χ2n) is 5.95. The third-order valence-electron chi connectivity index (χ3n) is 4.17. The van der Waals surface area contributed by atoms with E-state index in [1.165, 1.54) is 6.07 Å². The molecule has 0 saturated heterocycles. The topological polar surface area (TPSA) is 85.3 Å². The molecule has 8 heteroatoms. The van der Waals surface area contributed by atoms with Crippen LogP contribution in [-0.4, -0.2) is 27.1 Å². The molecule has 1 unspecified atom stereocenters. The Morgan fingerprint density at radius 2 is 1.96 bits per heavy atom. The van der Waals surface area contributed by atoms with Crippen molar-refractivity contribution >= 4 is 17.3 Å². The number of rotatable bonds is 6. The normalized spacial score (nSPS) is 12.3. The Labute approximate surface area is 155 Å². The molecule has 0 aliphatic heterocycles. The molecule has 0 amide bonds. The van der Waals surface area contributed by atoms with Gasteiger partial charge >= 0.3 is 0 Å². The minimum absolute atomic E-state index is 0.0548. The molecule has 3 rings (SSSR count). The molecule has 0 N–H and O–H groups in total. The van der Waals surface area contributed by atoms with Crippen LogP contribution in [0.2, 0.25) is 5.02 Å². The lowest BCUT2D eigenvalue weighted by Crippen LogP contribution is -2.22. The van der Waals surface area contributed by atoms with E-state index in [1.54, 1.807) is 24.3 Å². The van der Waals surface area contributed by atoms with Crippen LogP contribution in [0.4, 0.5) is 5.69 Å². The van der Waals surface area contributed by atoms with Crippen molar-refractivity contribution in [2.75, 3.05) is 7.05 Å². The van der Waals surface area contributed by atoms with Crippen molar-refractivity contribution in [1.82, 2.24) is 15.1 Å². The van der Waals surface area contributed by atoms with E-state index in [-0.39, 0.29) is 11.7 Å². The predicted molar refractivity (Wildman–Crippen MR) is 97.7 cm³/mol. The summed E-state index contributed by atoms with van der Waals surface area (Å²) in [4.78, 5) is 12.5. The minimum Gasteiger partial charge on any atom is -0.419 e. The number of benzene rings is 2. The van der Waals surface area contributed by atoms with Gasteiger partial charge in [0.05, 0.1) is 11.5 Å². The van der Waals surface area contributed by atoms with Crippen molar-refractivity contribution in [3.63, 3.8) is 0 Å². The van der Waals surface area contributed by atoms with Gasteiger partial charge in [-0.3, -0.25) is 15.0 Å². The lowest BCUT2D eigenvalue weighted by molar-refractivity contribution is -0.384. The van der Waals surface area contributed by atoms with Crippen LogP contribution in [0.25, 0.3) is 11.5 Å². The maximum Gasteiger partial charge on any atom is 0.269 e. The molecule has 0 aliphatic rings. The molecule has 2 aromatic carbocycles. The highest BCUT2D eigenvalue weighted by atomic mass is 35.5. The van der Waals surface area contributed by atoms with Crippen molar-refractivity contribution in [2.24, 2.45) is 0 Å². The second kappa shape index (κ2) is 7.63. The van der Waals surface area contributed by atoms with Gasteiger partial charge in [0.2, 0.25) is 11.8 Å². The number of halogens is 1. The van der Waals surface area contributed by atoms with Gasteiger partial charge in [-0.05, 0) is 43.8 Å². The first-order valence-corrected chi connectivity index (χ1v) is 8.35. The molecule has 0 spiro atoms. The maximum absolute atomic E-state index is 10.9. The Bertz CT molecular complexity index is 911. The highest BCUT2D eigenvalue weighted by Crippen LogP contribution is 2.25. The summed E-state index contributed by atoms with van der Waals surface area (Å²) >= 11 is 5.88. The molecular weight excluding hydrogens is 356 g/mol. The van der Waals surface area contributed by atoms with E-state index in [0.29, 0.717) is 23.3 Å². The van der Waals surface area contributed by atoms with Crippen LogP contribution in [-0.2, 0) is 6.54 Å². The molecule has 26 heavy (non-hydrogen) atoms. The van der Waals surface area contributed by atoms with E-state index in [1.807, 2.05) is 37.1 Å². The Balaban J connectivity index is 1.71. The Hall–Kier alpha value is -2.77. The largest absolute Gasteiger partial charge is 0.419 e. The predicted octanol–water partition coefficient (Wildman–Crippen LogP) is 4.49. The number of nitro benzene ring substituents is 1. The van der Waals surface area contributed by atoms with Gasteiger partial charge < -0.3 is 4.42 Å². The second-order valence-corrected chi connectivity index (χ2v) is 6.39. The lowest BCUT2D eigenvalue weighted by atomic mass is 10.1. The van der Waals surface area contributed by atoms with E-state index < -0.39 is 4.92 Å². The first-order valence-electron chi connectivity index (χ1n) is 7.97. The van der Waals surface area contributed by atoms with Crippen LogP contribution < -0.4 is 0 Å². The maximum atomic E-state index is 10.9. The van der Waals surface area contributed by atoms with Crippen LogP contribution in [0.1, 0.15) is 24.4 Å². The number of hydrogen-bond acceptors (Lipinski definition) is 6. The van der Waals surface area contributed by atoms with Gasteiger partial charge in [-0.15, -0.1) is 10.2 Å². The lowest BCUT2D eigenvalue weighted by Gasteiger charge is -2.23. The monoisotopic (exact) mass is 372 g/mol. The van der Waals surface area contributed by atoms with E-state index in [0.717, 1.165) is 11.1 Å². The molecule has 134 valence electrons. The zero-order chi connectivity index (χ0) is 18.7. The van der Waals surface area contributed by atoms with Gasteiger partial charge in [0, 0.05) is 28.8 Å². The Kier molecular flexibility index (Phi) is 5.29. The highest BCUT2D eigenvalue weighted by molar-refractivity contribution is 6.30. The summed E-state index contributed by atoms with van der Waals surface area (Å²) in [6.45, 7) is 2.39. The van der Waals surface area contributed by atoms with Gasteiger partial charge in [-0.25, -0.2) is 0 Å². The molecule has 0 fully saturated rings. The first kappa shape index (κ1) is 18.0. The summed E-state index contributed by atoms with van der Waals surface area (Å²) in [5.74, 6) is 0.891. The summed E-state index contributed by atoms with van der Waals surface area (Å²) in [7, 11) is 1.90. The van der Waals surface area contributed by atoms with E-state index >= 15 is 0 Å². The molecule has 3 aromatic rings. The van der Waals surface area contributed by atoms with Gasteiger partial charge in [-0.2, -0.15) is 0 Å². The molecule has 1 aromatic heterocycles. The Morgan fingerprint density at radius 3 is 2.65 bits per heavy atom. The van der Waals surface area contributed by atoms with Gasteiger partial charge in [-0.1, -0.05) is 23.7 Å². The SMILES string of the molecule is CC(c1cccc([N+](=O)[O-])c1)N(C)Cc1nnc(-c2ccc(Cl)cc2)o1. The van der Waals surface area contributed by atoms with Crippen LogP contribution >= 0.6 is 11.6 Å². The van der Waals surface area contributed by atoms with Gasteiger partial charge in [0.25, 0.3) is 5.69 Å². The molecule has 0 aliphatic carbocycles. The van der Waals surface area contributed by atoms with Gasteiger partial charge in [0.1, 0.15) is 0 Å². The summed E-state index contributed by atoms with van der Waals surface area (Å²) < 4.78 is 5.71. The molecular formula is C18H17ClN4O3. The molecule has 1 atom stereocenters. The quantitative estimate of drug-likeness (QED) is 0.468. The van der Waals surface area contributed by atoms with Gasteiger partial charge in [0.15, 0.2) is 0 Å². The third-order valence-corrected chi connectivity index (χ3v) is 4.42. The van der Waals surface area contributed by atoms with E-state index in [9.17, 15) is 10.1 Å². The molecule has 7 nitrogen and oxygen atoms in total. The number of aromatic nitrogens is 2. The summed E-state index contributed by atoms with van der Waals surface area (Å²) in [6.07, 6.45) is 0. The fourth-order valence-corrected chi connectivity index (χ4v) is 2.66. The molecule has 0 bridgehead atoms. The zero-order valence-corrected chi connectivity index (χ0v) is 15.1. The average Bonchev–Trinajstić information content (AvgIpc) is 3.10. The summed E-state index contributed by atoms with van der Waals surface area (Å²) in [6, 6.07) is 13.7. The molecule has 0 saturated carbocycles. The van der Waals surface area contributed by atoms with Crippen molar-refractivity contribution in [1.29, 1.82) is 0 Å². The van der Waals surface area contributed by atoms with Crippen molar-refractivity contribution in [2.45, 2.75) is 19.5 Å². The summed E-state index contributed by atoms with van der Waals surface area (Å²) in [5.41, 5.74) is 1.72. The average molecular weight is 373 g/mol. The van der Waals surface area contributed by atoms with E-state index in [2.05, 4.69) is 10.2 Å². The first-order chi connectivity index (χ1) is 12.4. The highest BCUT2D eigenvalue weighted by Gasteiger charge is 2.18. The molecule has 0 radical (unpaired) electrons. The summed E-state index contributed by atoms with van der Waals surface area (Å²) in [5, 5.41) is 19.7. The third kappa shape index (κ3) is 4.07. The minimum atomic E-state index is -0.396. The standard InChI is InChI=1S/C18H17ClN4O3/c1-12(14-4-3-5-16(10-14)23(24)25)22(2)11-17-20-21-18(26-17)13-6-8-15(19)9-7-13/h3-10,12H,11H2,1-2H3. The van der Waals surface area contributed by atoms with E-state index in [4.69, 9.17) is 16.0 Å². The van der Waals surface area contributed by atoms with Crippen molar-refractivity contribution in [3.05, 3.63) is 75.1 Å². The van der Waals surface area contributed by atoms with Crippen molar-refractivity contribution < 1.29 is 9.34 Å². The number of non-ortho nitro benzene ring substituents is 1. The fourth-order valence-electron chi connectivity index (χ4n) is 2.53. The number of nitro groups is 1. The number of hydrogen-bond donors (Lipinski definition) is 0.